The van der Waals surface area contributed by atoms with E-state index in [4.69, 9.17) is 0 Å². The minimum atomic E-state index is 0. The van der Waals surface area contributed by atoms with Gasteiger partial charge >= 0.3 is 25.8 Å². The molecule has 0 heterocycles. The molecule has 38 valence electrons. The Morgan fingerprint density at radius 2 is 0.833 bits per heavy atom. The van der Waals surface area contributed by atoms with Crippen LogP contribution in [0.1, 0.15) is 6.92 Å². The van der Waals surface area contributed by atoms with Crippen LogP contribution in [0.25, 0.3) is 0 Å². The molecule has 0 aliphatic rings. The molecule has 6 heavy (non-hydrogen) atoms. The molecule has 0 aromatic carbocycles. The van der Waals surface area contributed by atoms with Gasteiger partial charge in [0.25, 0.3) is 0 Å². The summed E-state index contributed by atoms with van der Waals surface area (Å²) in [5, 5.41) is 0. The van der Waals surface area contributed by atoms with Crippen molar-refractivity contribution in [2.75, 3.05) is 0 Å². The Balaban J connectivity index is -0.000000000833. The molecule has 3 N–H and O–H groups in total. The maximum Gasteiger partial charge on any atom is 4.00 e. The summed E-state index contributed by atoms with van der Waals surface area (Å²) < 4.78 is 0. The first-order valence-electron chi connectivity index (χ1n) is 0.707. The SMILES string of the molecule is [CH2-]C.[Hf+4].[OH-].[OH-].[OH-]. The fourth-order valence-electron chi connectivity index (χ4n) is 0. The van der Waals surface area contributed by atoms with Gasteiger partial charge in [-0.05, 0) is 0 Å². The Bertz CT molecular complexity index is 8.75. The average Bonchev–Trinajstić information content (AvgIpc) is 1.00. The van der Waals surface area contributed by atoms with Crippen molar-refractivity contribution in [2.24, 2.45) is 0 Å². The summed E-state index contributed by atoms with van der Waals surface area (Å²) in [4.78, 5) is 0. The molecule has 0 amide bonds. The molecule has 0 aromatic heterocycles. The largest absolute Gasteiger partial charge is 4.00 e. The molecule has 0 aliphatic carbocycles. The predicted molar refractivity (Wildman–Crippen MR) is 16.8 cm³/mol. The van der Waals surface area contributed by atoms with Gasteiger partial charge in [-0.2, -0.15) is 6.92 Å². The van der Waals surface area contributed by atoms with Gasteiger partial charge in [0.2, 0.25) is 0 Å². The van der Waals surface area contributed by atoms with Crippen molar-refractivity contribution in [3.05, 3.63) is 6.92 Å². The van der Waals surface area contributed by atoms with E-state index >= 15 is 0 Å². The summed E-state index contributed by atoms with van der Waals surface area (Å²) >= 11 is 0. The minimum Gasteiger partial charge on any atom is -0.870 e. The Hall–Kier alpha value is 0.750. The summed E-state index contributed by atoms with van der Waals surface area (Å²) in [5.41, 5.74) is 0. The predicted octanol–water partition coefficient (Wildman–Crippen LogP) is 0.307. The van der Waals surface area contributed by atoms with Crippen molar-refractivity contribution in [3.63, 3.8) is 0 Å². The van der Waals surface area contributed by atoms with E-state index in [0.717, 1.165) is 0 Å². The normalized spacial score (nSPS) is 1.00. The first-order chi connectivity index (χ1) is 1.00. The summed E-state index contributed by atoms with van der Waals surface area (Å²) in [5.74, 6) is 0. The van der Waals surface area contributed by atoms with E-state index in [-0.39, 0.29) is 42.3 Å². The van der Waals surface area contributed by atoms with Crippen LogP contribution in [0.4, 0.5) is 0 Å². The first kappa shape index (κ1) is 72.9. The zero-order chi connectivity index (χ0) is 2.00. The summed E-state index contributed by atoms with van der Waals surface area (Å²) in [6, 6.07) is 0. The van der Waals surface area contributed by atoms with E-state index in [1.54, 1.807) is 6.92 Å². The molecule has 0 bridgehead atoms. The fourth-order valence-corrected chi connectivity index (χ4v) is 0. The molecule has 0 atom stereocenters. The van der Waals surface area contributed by atoms with Crippen LogP contribution in [0.5, 0.6) is 0 Å². The van der Waals surface area contributed by atoms with Crippen molar-refractivity contribution in [3.8, 4) is 0 Å². The van der Waals surface area contributed by atoms with E-state index in [2.05, 4.69) is 6.92 Å². The maximum absolute atomic E-state index is 3.25. The van der Waals surface area contributed by atoms with Crippen molar-refractivity contribution in [1.29, 1.82) is 0 Å². The molecule has 0 rings (SSSR count). The second-order valence-corrected chi connectivity index (χ2v) is 0. The van der Waals surface area contributed by atoms with Gasteiger partial charge in [0.15, 0.2) is 0 Å². The van der Waals surface area contributed by atoms with Gasteiger partial charge in [-0.3, -0.25) is 0 Å². The molecular formula is C2H8HfO3. The van der Waals surface area contributed by atoms with E-state index in [1.165, 1.54) is 0 Å². The Labute approximate surface area is 56.5 Å². The van der Waals surface area contributed by atoms with Crippen molar-refractivity contribution in [1.82, 2.24) is 0 Å². The topological polar surface area (TPSA) is 90.0 Å². The first-order valence-corrected chi connectivity index (χ1v) is 0.707. The van der Waals surface area contributed by atoms with Crippen molar-refractivity contribution >= 4 is 0 Å². The van der Waals surface area contributed by atoms with Crippen LogP contribution in [0.3, 0.4) is 0 Å². The van der Waals surface area contributed by atoms with Crippen LogP contribution in [0.15, 0.2) is 0 Å². The van der Waals surface area contributed by atoms with Gasteiger partial charge in [-0.15, -0.1) is 0 Å². The van der Waals surface area contributed by atoms with Crippen LogP contribution in [-0.4, -0.2) is 16.4 Å². The summed E-state index contributed by atoms with van der Waals surface area (Å²) in [7, 11) is 0. The van der Waals surface area contributed by atoms with E-state index in [1.807, 2.05) is 0 Å². The molecule has 0 radical (unpaired) electrons. The fraction of sp³-hybridized carbons (Fsp3) is 0.500. The molecule has 0 aromatic rings. The Morgan fingerprint density at radius 1 is 0.833 bits per heavy atom. The zero-order valence-corrected chi connectivity index (χ0v) is 7.14. The van der Waals surface area contributed by atoms with Crippen LogP contribution in [-0.2, 0) is 25.8 Å². The third-order valence-corrected chi connectivity index (χ3v) is 0. The minimum absolute atomic E-state index is 0. The van der Waals surface area contributed by atoms with Crippen molar-refractivity contribution < 1.29 is 42.3 Å². The second kappa shape index (κ2) is 231. The number of hydrogen-bond acceptors (Lipinski definition) is 3. The molecule has 3 nitrogen and oxygen atoms in total. The van der Waals surface area contributed by atoms with Crippen LogP contribution >= 0.6 is 0 Å². The van der Waals surface area contributed by atoms with Gasteiger partial charge in [0, 0.05) is 0 Å². The zero-order valence-electron chi connectivity index (χ0n) is 3.55. The standard InChI is InChI=1S/C2H5.Hf.3H2O/c1-2;;;;/h1H2,2H3;;3*1H2/q-1;+4;;;/p-3. The molecule has 0 spiro atoms. The van der Waals surface area contributed by atoms with Crippen molar-refractivity contribution in [2.45, 2.75) is 6.92 Å². The Morgan fingerprint density at radius 3 is 0.833 bits per heavy atom. The van der Waals surface area contributed by atoms with Crippen LogP contribution < -0.4 is 0 Å². The molecule has 4 heteroatoms. The Kier molecular flexibility index (Phi) is 2800. The molecule has 0 saturated heterocycles. The van der Waals surface area contributed by atoms with Gasteiger partial charge in [0.1, 0.15) is 0 Å². The van der Waals surface area contributed by atoms with Gasteiger partial charge in [0.05, 0.1) is 0 Å². The van der Waals surface area contributed by atoms with E-state index in [0.29, 0.717) is 0 Å². The quantitative estimate of drug-likeness (QED) is 0.462. The maximum atomic E-state index is 3.25. The molecule has 0 fully saturated rings. The third kappa shape index (κ3) is 119. The third-order valence-electron chi connectivity index (χ3n) is 0. The molecule has 0 unspecified atom stereocenters. The monoisotopic (exact) mass is 260 g/mol. The molecular weight excluding hydrogens is 251 g/mol. The molecule has 0 saturated carbocycles. The van der Waals surface area contributed by atoms with E-state index < -0.39 is 0 Å². The van der Waals surface area contributed by atoms with Gasteiger partial charge in [-0.25, -0.2) is 0 Å². The average molecular weight is 259 g/mol. The summed E-state index contributed by atoms with van der Waals surface area (Å²) in [6.45, 7) is 5.00. The van der Waals surface area contributed by atoms with Crippen LogP contribution in [0.2, 0.25) is 0 Å². The summed E-state index contributed by atoms with van der Waals surface area (Å²) in [6.07, 6.45) is 0. The smallest absolute Gasteiger partial charge is 0.870 e. The van der Waals surface area contributed by atoms with E-state index in [9.17, 15) is 0 Å². The van der Waals surface area contributed by atoms with Gasteiger partial charge in [-0.1, -0.05) is 0 Å². The number of rotatable bonds is 0. The second-order valence-electron chi connectivity index (χ2n) is 0. The molecule has 0 aliphatic heterocycles. The van der Waals surface area contributed by atoms with Gasteiger partial charge < -0.3 is 23.4 Å². The van der Waals surface area contributed by atoms with Crippen LogP contribution in [0, 0.1) is 6.92 Å². The number of hydrogen-bond donors (Lipinski definition) is 0.